The summed E-state index contributed by atoms with van der Waals surface area (Å²) in [5.41, 5.74) is 3.89. The van der Waals surface area contributed by atoms with Gasteiger partial charge in [-0.2, -0.15) is 0 Å². The number of hydrogen-bond donors (Lipinski definition) is 2. The van der Waals surface area contributed by atoms with Crippen LogP contribution in [-0.2, 0) is 24.8 Å². The van der Waals surface area contributed by atoms with Gasteiger partial charge in [-0.25, -0.2) is 5.48 Å². The van der Waals surface area contributed by atoms with Gasteiger partial charge in [-0.05, 0) is 17.7 Å². The molecule has 2 heterocycles. The zero-order valence-electron chi connectivity index (χ0n) is 13.8. The minimum absolute atomic E-state index is 0.0770. The summed E-state index contributed by atoms with van der Waals surface area (Å²) in [6, 6.07) is 14.1. The summed E-state index contributed by atoms with van der Waals surface area (Å²) in [5.74, 6) is 0.439. The first-order chi connectivity index (χ1) is 12.2. The Morgan fingerprint density at radius 1 is 1.20 bits per heavy atom. The second-order valence-corrected chi connectivity index (χ2v) is 6.52. The smallest absolute Gasteiger partial charge is 0.253 e. The minimum Gasteiger partial charge on any atom is -0.354 e. The summed E-state index contributed by atoms with van der Waals surface area (Å²) in [4.78, 5) is 11.3. The van der Waals surface area contributed by atoms with Gasteiger partial charge in [0.15, 0.2) is 5.16 Å². The van der Waals surface area contributed by atoms with Crippen molar-refractivity contribution in [3.05, 3.63) is 65.7 Å². The van der Waals surface area contributed by atoms with Gasteiger partial charge in [-0.15, -0.1) is 10.2 Å². The van der Waals surface area contributed by atoms with Crippen LogP contribution in [0.5, 0.6) is 0 Å². The molecule has 1 aromatic carbocycles. The van der Waals surface area contributed by atoms with E-state index in [1.807, 2.05) is 64.8 Å². The molecule has 2 N–H and O–H groups in total. The van der Waals surface area contributed by atoms with Crippen molar-refractivity contribution >= 4 is 17.7 Å². The van der Waals surface area contributed by atoms with Crippen LogP contribution in [0.15, 0.2) is 53.8 Å². The highest BCUT2D eigenvalue weighted by molar-refractivity contribution is 7.99. The van der Waals surface area contributed by atoms with Crippen molar-refractivity contribution in [2.45, 2.75) is 18.1 Å². The largest absolute Gasteiger partial charge is 0.354 e. The molecular formula is C17H19N5O2S. The normalized spacial score (nSPS) is 10.8. The highest BCUT2D eigenvalue weighted by Crippen LogP contribution is 2.20. The number of benzene rings is 1. The lowest BCUT2D eigenvalue weighted by molar-refractivity contribution is -0.126. The Hall–Kier alpha value is -2.58. The zero-order valence-corrected chi connectivity index (χ0v) is 14.6. The Morgan fingerprint density at radius 3 is 2.68 bits per heavy atom. The van der Waals surface area contributed by atoms with Crippen LogP contribution < -0.4 is 5.48 Å². The molecule has 2 aromatic heterocycles. The lowest BCUT2D eigenvalue weighted by atomic mass is 10.2. The van der Waals surface area contributed by atoms with Crippen LogP contribution >= 0.6 is 11.8 Å². The van der Waals surface area contributed by atoms with E-state index in [0.29, 0.717) is 18.1 Å². The molecule has 8 heteroatoms. The number of thioether (sulfide) groups is 1. The summed E-state index contributed by atoms with van der Waals surface area (Å²) < 4.78 is 4.06. The fourth-order valence-electron chi connectivity index (χ4n) is 2.49. The zero-order chi connectivity index (χ0) is 17.6. The molecule has 0 saturated carbocycles. The van der Waals surface area contributed by atoms with Crippen molar-refractivity contribution < 1.29 is 10.0 Å². The number of rotatable bonds is 7. The maximum absolute atomic E-state index is 11.3. The van der Waals surface area contributed by atoms with Crippen molar-refractivity contribution in [3.8, 4) is 0 Å². The highest BCUT2D eigenvalue weighted by atomic mass is 32.2. The SMILES string of the molecule is Cn1cccc1Cc1nnc(SCC(=O)NO)n1Cc1ccccc1. The monoisotopic (exact) mass is 357 g/mol. The second kappa shape index (κ2) is 8.00. The molecule has 0 aliphatic carbocycles. The molecule has 25 heavy (non-hydrogen) atoms. The molecule has 0 bridgehead atoms. The van der Waals surface area contributed by atoms with Crippen molar-refractivity contribution in [2.24, 2.45) is 7.05 Å². The van der Waals surface area contributed by atoms with E-state index in [1.54, 1.807) is 5.48 Å². The molecule has 0 fully saturated rings. The lowest BCUT2D eigenvalue weighted by Crippen LogP contribution is -2.21. The third kappa shape index (κ3) is 4.28. The molecule has 7 nitrogen and oxygen atoms in total. The van der Waals surface area contributed by atoms with Crippen molar-refractivity contribution in [1.29, 1.82) is 0 Å². The number of carbonyl (C=O) groups is 1. The number of hydrogen-bond acceptors (Lipinski definition) is 5. The highest BCUT2D eigenvalue weighted by Gasteiger charge is 2.15. The van der Waals surface area contributed by atoms with Crippen molar-refractivity contribution in [3.63, 3.8) is 0 Å². The number of hydroxylamine groups is 1. The predicted octanol–water partition coefficient (Wildman–Crippen LogP) is 1.85. The Bertz CT molecular complexity index is 844. The number of nitrogens with one attached hydrogen (secondary N) is 1. The summed E-state index contributed by atoms with van der Waals surface area (Å²) in [6.07, 6.45) is 2.64. The first-order valence-corrected chi connectivity index (χ1v) is 8.78. The number of carbonyl (C=O) groups excluding carboxylic acids is 1. The Kier molecular flexibility index (Phi) is 5.52. The van der Waals surface area contributed by atoms with Gasteiger partial charge in [-0.3, -0.25) is 10.0 Å². The van der Waals surface area contributed by atoms with E-state index < -0.39 is 5.91 Å². The van der Waals surface area contributed by atoms with E-state index in [1.165, 1.54) is 11.8 Å². The molecule has 1 amide bonds. The standard InChI is InChI=1S/C17H19N5O2S/c1-21-9-5-8-14(21)10-15-18-19-17(25-12-16(23)20-24)22(15)11-13-6-3-2-4-7-13/h2-9,24H,10-12H2,1H3,(H,20,23). The molecule has 0 radical (unpaired) electrons. The van der Waals surface area contributed by atoms with Gasteiger partial charge >= 0.3 is 0 Å². The molecule has 3 rings (SSSR count). The fraction of sp³-hybridized carbons (Fsp3) is 0.235. The molecule has 0 aliphatic heterocycles. The van der Waals surface area contributed by atoms with Crippen LogP contribution in [0, 0.1) is 0 Å². The number of aromatic nitrogens is 4. The first kappa shape index (κ1) is 17.2. The maximum atomic E-state index is 11.3. The lowest BCUT2D eigenvalue weighted by Gasteiger charge is -2.10. The molecule has 0 aliphatic rings. The molecule has 0 unspecified atom stereocenters. The second-order valence-electron chi connectivity index (χ2n) is 5.58. The predicted molar refractivity (Wildman–Crippen MR) is 94.4 cm³/mol. The molecule has 130 valence electrons. The summed E-state index contributed by atoms with van der Waals surface area (Å²) in [5, 5.41) is 17.9. The Balaban J connectivity index is 1.87. The van der Waals surface area contributed by atoms with Gasteiger partial charge in [0, 0.05) is 25.4 Å². The van der Waals surface area contributed by atoms with Crippen molar-refractivity contribution in [1.82, 2.24) is 24.8 Å². The van der Waals surface area contributed by atoms with Gasteiger partial charge in [0.05, 0.1) is 12.3 Å². The number of aryl methyl sites for hydroxylation is 1. The molecular weight excluding hydrogens is 338 g/mol. The summed E-state index contributed by atoms with van der Waals surface area (Å²) >= 11 is 1.25. The van der Waals surface area contributed by atoms with Crippen LogP contribution in [0.2, 0.25) is 0 Å². The minimum atomic E-state index is -0.469. The van der Waals surface area contributed by atoms with Crippen LogP contribution in [0.25, 0.3) is 0 Å². The summed E-state index contributed by atoms with van der Waals surface area (Å²) in [6.45, 7) is 0.622. The maximum Gasteiger partial charge on any atom is 0.253 e. The van der Waals surface area contributed by atoms with Crippen LogP contribution in [0.4, 0.5) is 0 Å². The quantitative estimate of drug-likeness (QED) is 0.383. The van der Waals surface area contributed by atoms with E-state index in [9.17, 15) is 4.79 Å². The van der Waals surface area contributed by atoms with Gasteiger partial charge in [0.1, 0.15) is 5.82 Å². The van der Waals surface area contributed by atoms with E-state index in [-0.39, 0.29) is 5.75 Å². The Labute approximate surface area is 149 Å². The fourth-order valence-corrected chi connectivity index (χ4v) is 3.23. The number of amides is 1. The third-order valence-corrected chi connectivity index (χ3v) is 4.79. The first-order valence-electron chi connectivity index (χ1n) is 7.79. The molecule has 3 aromatic rings. The van der Waals surface area contributed by atoms with E-state index >= 15 is 0 Å². The molecule has 0 spiro atoms. The van der Waals surface area contributed by atoms with Gasteiger partial charge in [0.2, 0.25) is 0 Å². The van der Waals surface area contributed by atoms with Crippen molar-refractivity contribution in [2.75, 3.05) is 5.75 Å². The average Bonchev–Trinajstić information content (AvgIpc) is 3.21. The van der Waals surface area contributed by atoms with Crippen LogP contribution in [-0.4, -0.2) is 36.2 Å². The van der Waals surface area contributed by atoms with Gasteiger partial charge in [0.25, 0.3) is 5.91 Å². The Morgan fingerprint density at radius 2 is 2.00 bits per heavy atom. The third-order valence-electron chi connectivity index (χ3n) is 3.82. The van der Waals surface area contributed by atoms with Gasteiger partial charge in [-0.1, -0.05) is 42.1 Å². The van der Waals surface area contributed by atoms with E-state index in [2.05, 4.69) is 10.2 Å². The summed E-state index contributed by atoms with van der Waals surface area (Å²) in [7, 11) is 1.99. The van der Waals surface area contributed by atoms with E-state index in [0.717, 1.165) is 17.1 Å². The van der Waals surface area contributed by atoms with Gasteiger partial charge < -0.3 is 9.13 Å². The molecule has 0 saturated heterocycles. The topological polar surface area (TPSA) is 85.0 Å². The number of nitrogens with zero attached hydrogens (tertiary/aromatic N) is 4. The van der Waals surface area contributed by atoms with E-state index in [4.69, 9.17) is 5.21 Å². The molecule has 0 atom stereocenters. The van der Waals surface area contributed by atoms with Crippen LogP contribution in [0.3, 0.4) is 0 Å². The van der Waals surface area contributed by atoms with Crippen LogP contribution in [0.1, 0.15) is 17.1 Å². The average molecular weight is 357 g/mol.